The molecule has 21 heteroatoms. The van der Waals surface area contributed by atoms with Crippen LogP contribution in [0.25, 0.3) is 0 Å². The second-order valence-corrected chi connectivity index (χ2v) is 16.8. The molecule has 10 unspecified atom stereocenters. The fourth-order valence-corrected chi connectivity index (χ4v) is 5.89. The Labute approximate surface area is 372 Å². The third kappa shape index (κ3) is 22.9. The minimum Gasteiger partial charge on any atom is -0.480 e. The first-order valence-corrected chi connectivity index (χ1v) is 21.9. The number of aliphatic hydroxyl groups is 2. The van der Waals surface area contributed by atoms with Crippen molar-refractivity contribution in [1.82, 2.24) is 42.5 Å². The third-order valence-electron chi connectivity index (χ3n) is 9.98. The molecule has 364 valence electrons. The number of aliphatic carboxylic acids is 1. The van der Waals surface area contributed by atoms with Crippen LogP contribution in [0.3, 0.4) is 0 Å². The highest BCUT2D eigenvalue weighted by Gasteiger charge is 2.36. The Morgan fingerprint density at radius 2 is 0.921 bits per heavy atom. The number of carboxylic acids is 1. The highest BCUT2D eigenvalue weighted by molar-refractivity contribution is 5.97. The Morgan fingerprint density at radius 1 is 0.508 bits per heavy atom. The normalized spacial score (nSPS) is 15.9. The molecule has 0 aromatic carbocycles. The smallest absolute Gasteiger partial charge is 0.326 e. The summed E-state index contributed by atoms with van der Waals surface area (Å²) in [6, 6.07) is -8.73. The lowest BCUT2D eigenvalue weighted by Gasteiger charge is -2.29. The van der Waals surface area contributed by atoms with Crippen LogP contribution < -0.4 is 48.3 Å². The average Bonchev–Trinajstić information content (AvgIpc) is 3.21. The topological polar surface area (TPSA) is 337 Å². The summed E-state index contributed by atoms with van der Waals surface area (Å²) in [5, 5.41) is 49.1. The van der Waals surface area contributed by atoms with E-state index in [0.717, 1.165) is 0 Å². The minimum atomic E-state index is -1.56. The lowest BCUT2D eigenvalue weighted by atomic mass is 9.96. The van der Waals surface area contributed by atoms with Crippen molar-refractivity contribution in [2.24, 2.45) is 35.3 Å². The minimum absolute atomic E-state index is 0.0881. The monoisotopic (exact) mass is 902 g/mol. The van der Waals surface area contributed by atoms with Gasteiger partial charge in [-0.3, -0.25) is 38.4 Å². The molecular weight excluding hydrogens is 823 g/mol. The number of hydrogen-bond acceptors (Lipinski definition) is 12. The van der Waals surface area contributed by atoms with Gasteiger partial charge in [0, 0.05) is 0 Å². The first kappa shape index (κ1) is 60.2. The zero-order valence-electron chi connectivity index (χ0n) is 39.5. The number of aliphatic hydroxyl groups excluding tert-OH is 2. The van der Waals surface area contributed by atoms with Gasteiger partial charge in [0.2, 0.25) is 47.3 Å². The van der Waals surface area contributed by atoms with Gasteiger partial charge in [-0.2, -0.15) is 0 Å². The van der Waals surface area contributed by atoms with Gasteiger partial charge in [-0.15, -0.1) is 0 Å². The molecule has 0 saturated heterocycles. The van der Waals surface area contributed by atoms with E-state index in [9.17, 15) is 58.5 Å². The van der Waals surface area contributed by atoms with Crippen molar-refractivity contribution in [2.45, 2.75) is 164 Å². The molecule has 0 aliphatic heterocycles. The molecule has 0 aromatic rings. The van der Waals surface area contributed by atoms with Crippen LogP contribution in [0.15, 0.2) is 0 Å². The van der Waals surface area contributed by atoms with E-state index in [-0.39, 0.29) is 18.3 Å². The lowest BCUT2D eigenvalue weighted by Crippen LogP contribution is -2.61. The molecule has 21 nitrogen and oxygen atoms in total. The van der Waals surface area contributed by atoms with Gasteiger partial charge in [-0.1, -0.05) is 95.9 Å². The summed E-state index contributed by atoms with van der Waals surface area (Å²) in [6.07, 6.45) is -0.173. The quantitative estimate of drug-likeness (QED) is 0.0439. The molecule has 0 aliphatic rings. The highest BCUT2D eigenvalue weighted by atomic mass is 16.4. The van der Waals surface area contributed by atoms with Gasteiger partial charge < -0.3 is 63.6 Å². The van der Waals surface area contributed by atoms with Crippen molar-refractivity contribution >= 4 is 53.2 Å². The Morgan fingerprint density at radius 3 is 1.32 bits per heavy atom. The van der Waals surface area contributed by atoms with Gasteiger partial charge in [-0.25, -0.2) is 4.79 Å². The van der Waals surface area contributed by atoms with Crippen LogP contribution in [-0.4, -0.2) is 137 Å². The summed E-state index contributed by atoms with van der Waals surface area (Å²) < 4.78 is 0. The number of hydrogen-bond donors (Lipinski definition) is 12. The lowest BCUT2D eigenvalue weighted by molar-refractivity contribution is -0.144. The van der Waals surface area contributed by atoms with Gasteiger partial charge >= 0.3 is 5.97 Å². The van der Waals surface area contributed by atoms with Crippen LogP contribution >= 0.6 is 0 Å². The molecule has 0 aromatic heterocycles. The summed E-state index contributed by atoms with van der Waals surface area (Å²) in [5.41, 5.74) is 5.85. The van der Waals surface area contributed by atoms with Crippen LogP contribution in [0.4, 0.5) is 0 Å². The maximum atomic E-state index is 13.7. The van der Waals surface area contributed by atoms with Gasteiger partial charge in [0.25, 0.3) is 0 Å². The fourth-order valence-electron chi connectivity index (χ4n) is 5.89. The Kier molecular flexibility index (Phi) is 29.7. The molecule has 0 radical (unpaired) electrons. The van der Waals surface area contributed by atoms with Crippen molar-refractivity contribution in [1.29, 1.82) is 0 Å². The zero-order valence-corrected chi connectivity index (χ0v) is 39.5. The number of carbonyl (C=O) groups is 9. The van der Waals surface area contributed by atoms with Crippen LogP contribution in [0.2, 0.25) is 0 Å². The first-order chi connectivity index (χ1) is 29.3. The van der Waals surface area contributed by atoms with E-state index in [1.165, 1.54) is 6.92 Å². The average molecular weight is 902 g/mol. The van der Waals surface area contributed by atoms with E-state index in [1.807, 2.05) is 27.7 Å². The molecular formula is C42H79N9O12. The number of rotatable bonds is 28. The molecule has 0 rings (SSSR count). The van der Waals surface area contributed by atoms with E-state index < -0.39 is 139 Å². The van der Waals surface area contributed by atoms with E-state index in [2.05, 4.69) is 42.5 Å². The van der Waals surface area contributed by atoms with Crippen molar-refractivity contribution in [2.75, 3.05) is 19.7 Å². The number of carbonyl (C=O) groups excluding carboxylic acids is 8. The predicted octanol–water partition coefficient (Wildman–Crippen LogP) is -1.22. The van der Waals surface area contributed by atoms with Gasteiger partial charge in [-0.05, 0) is 49.4 Å². The summed E-state index contributed by atoms with van der Waals surface area (Å²) >= 11 is 0. The van der Waals surface area contributed by atoms with Crippen LogP contribution in [0.5, 0.6) is 0 Å². The Balaban J connectivity index is 0. The zero-order chi connectivity index (χ0) is 49.3. The Bertz CT molecular complexity index is 1490. The van der Waals surface area contributed by atoms with E-state index >= 15 is 0 Å². The summed E-state index contributed by atoms with van der Waals surface area (Å²) in [6.45, 7) is 20.6. The predicted molar refractivity (Wildman–Crippen MR) is 236 cm³/mol. The molecule has 0 spiro atoms. The second kappa shape index (κ2) is 31.0. The van der Waals surface area contributed by atoms with E-state index in [1.54, 1.807) is 55.4 Å². The Hall–Kier alpha value is -4.89. The summed E-state index contributed by atoms with van der Waals surface area (Å²) in [7, 11) is 0. The molecule has 10 atom stereocenters. The van der Waals surface area contributed by atoms with Gasteiger partial charge in [0.1, 0.15) is 36.3 Å². The molecule has 0 heterocycles. The van der Waals surface area contributed by atoms with Crippen LogP contribution in [0.1, 0.15) is 116 Å². The first-order valence-electron chi connectivity index (χ1n) is 21.9. The number of nitrogens with one attached hydrogen (secondary N) is 8. The van der Waals surface area contributed by atoms with Crippen molar-refractivity contribution in [3.8, 4) is 0 Å². The maximum Gasteiger partial charge on any atom is 0.326 e. The molecule has 0 bridgehead atoms. The summed E-state index contributed by atoms with van der Waals surface area (Å²) in [4.78, 5) is 116. The number of amides is 8. The van der Waals surface area contributed by atoms with Crippen molar-refractivity contribution in [3.63, 3.8) is 0 Å². The fraction of sp³-hybridized carbons (Fsp3) is 0.786. The number of nitrogens with two attached hydrogens (primary N) is 1. The van der Waals surface area contributed by atoms with Gasteiger partial charge in [0.05, 0.1) is 31.8 Å². The maximum absolute atomic E-state index is 13.7. The van der Waals surface area contributed by atoms with Crippen LogP contribution in [-0.2, 0) is 43.2 Å². The molecule has 0 fully saturated rings. The molecule has 0 saturated carbocycles. The molecule has 0 aliphatic carbocycles. The third-order valence-corrected chi connectivity index (χ3v) is 9.98. The van der Waals surface area contributed by atoms with Crippen molar-refractivity contribution < 1.29 is 58.5 Å². The molecule has 63 heavy (non-hydrogen) atoms. The van der Waals surface area contributed by atoms with Crippen molar-refractivity contribution in [3.05, 3.63) is 0 Å². The standard InChI is InChI=1S/C40H73N9O12.C2H6/c1-12-22(9)31(46-28(52)16-42-35(55)27(18-50)45-34(54)25(41)14-19(3)4)37(57)43-17-29(53)47-32(23(10)13-2)38(58)44-26(15-20(5)6)36(56)49-33(24(11)51)39(59)48-30(21(7)8)40(60)61;1-2/h19-27,30-33,50-51H,12-18,41H2,1-11H3,(H,42,55)(H,43,57)(H,44,58)(H,45,54)(H,46,52)(H,47,53)(H,48,59)(H,49,56)(H,60,61);1-2H3. The van der Waals surface area contributed by atoms with E-state index in [0.29, 0.717) is 19.3 Å². The SMILES string of the molecule is CC.CCC(C)C(NC(=O)CNC(=O)C(CO)NC(=O)C(N)CC(C)C)C(=O)NCC(=O)NC(C(=O)NC(CC(C)C)C(=O)NC(C(=O)NC(C(=O)O)C(C)C)C(C)O)C(C)CC. The molecule has 8 amide bonds. The second-order valence-electron chi connectivity index (χ2n) is 16.8. The number of carboxylic acid groups (broad SMARTS) is 1. The van der Waals surface area contributed by atoms with Gasteiger partial charge in [0.15, 0.2) is 0 Å². The van der Waals surface area contributed by atoms with E-state index in [4.69, 9.17) is 5.73 Å². The summed E-state index contributed by atoms with van der Waals surface area (Å²) in [5.74, 6) is -9.07. The molecule has 13 N–H and O–H groups in total. The largest absolute Gasteiger partial charge is 0.480 e. The van der Waals surface area contributed by atoms with Crippen LogP contribution in [0, 0.1) is 29.6 Å². The highest BCUT2D eigenvalue weighted by Crippen LogP contribution is 2.13.